The summed E-state index contributed by atoms with van der Waals surface area (Å²) in [5, 5.41) is 3.97. The van der Waals surface area contributed by atoms with E-state index in [1.165, 1.54) is 0 Å². The Morgan fingerprint density at radius 2 is 2.00 bits per heavy atom. The number of hydrogen-bond donors (Lipinski definition) is 1. The van der Waals surface area contributed by atoms with Crippen LogP contribution in [0.5, 0.6) is 0 Å². The summed E-state index contributed by atoms with van der Waals surface area (Å²) in [6.45, 7) is 3.75. The maximum absolute atomic E-state index is 5.74. The van der Waals surface area contributed by atoms with Crippen LogP contribution >= 0.6 is 0 Å². The molecule has 0 aliphatic rings. The largest absolute Gasteiger partial charge is 0.466 e. The molecule has 0 amide bonds. The molecule has 0 fully saturated rings. The minimum Gasteiger partial charge on any atom is -0.466 e. The van der Waals surface area contributed by atoms with Crippen molar-refractivity contribution in [2.45, 2.75) is 13.8 Å². The minimum absolute atomic E-state index is 0.451. The van der Waals surface area contributed by atoms with Crippen molar-refractivity contribution in [3.63, 3.8) is 0 Å². The van der Waals surface area contributed by atoms with Crippen LogP contribution in [-0.4, -0.2) is 10.1 Å². The fourth-order valence-corrected chi connectivity index (χ4v) is 1.97. The first kappa shape index (κ1) is 11.5. The Balaban J connectivity index is 2.02. The predicted molar refractivity (Wildman–Crippen MR) is 71.3 cm³/mol. The zero-order valence-corrected chi connectivity index (χ0v) is 10.7. The van der Waals surface area contributed by atoms with Crippen molar-refractivity contribution in [2.75, 3.05) is 5.73 Å². The van der Waals surface area contributed by atoms with Crippen LogP contribution < -0.4 is 5.73 Å². The second-order valence-electron chi connectivity index (χ2n) is 4.38. The van der Waals surface area contributed by atoms with Crippen molar-refractivity contribution >= 4 is 5.69 Å². The number of rotatable bonds is 2. The Labute approximate surface area is 110 Å². The van der Waals surface area contributed by atoms with Crippen LogP contribution in [0, 0.1) is 13.8 Å². The highest BCUT2D eigenvalue weighted by atomic mass is 16.5. The maximum atomic E-state index is 5.74. The molecule has 19 heavy (non-hydrogen) atoms. The number of benzene rings is 1. The van der Waals surface area contributed by atoms with Crippen LogP contribution in [0.25, 0.3) is 22.8 Å². The zero-order valence-electron chi connectivity index (χ0n) is 10.7. The standard InChI is InChI=1S/C14H13N3O2/c1-8-6-12(9(2)18-8)14-16-13(17-19-14)10-4-3-5-11(15)7-10/h3-7H,15H2,1-2H3. The molecule has 1 aromatic carbocycles. The minimum atomic E-state index is 0.451. The molecule has 0 saturated carbocycles. The summed E-state index contributed by atoms with van der Waals surface area (Å²) in [4.78, 5) is 4.37. The topological polar surface area (TPSA) is 78.1 Å². The average Bonchev–Trinajstić information content (AvgIpc) is 2.96. The van der Waals surface area contributed by atoms with Gasteiger partial charge in [-0.15, -0.1) is 0 Å². The molecule has 3 aromatic rings. The van der Waals surface area contributed by atoms with Gasteiger partial charge in [-0.2, -0.15) is 4.98 Å². The molecule has 5 nitrogen and oxygen atoms in total. The zero-order chi connectivity index (χ0) is 13.4. The number of nitrogens with two attached hydrogens (primary N) is 1. The van der Waals surface area contributed by atoms with Crippen molar-refractivity contribution in [1.82, 2.24) is 10.1 Å². The van der Waals surface area contributed by atoms with Crippen LogP contribution in [0.15, 0.2) is 39.3 Å². The third-order valence-electron chi connectivity index (χ3n) is 2.84. The van der Waals surface area contributed by atoms with Crippen molar-refractivity contribution in [2.24, 2.45) is 0 Å². The number of nitrogen functional groups attached to an aromatic ring is 1. The summed E-state index contributed by atoms with van der Waals surface area (Å²) in [6.07, 6.45) is 0. The van der Waals surface area contributed by atoms with E-state index >= 15 is 0 Å². The Bertz CT molecular complexity index is 728. The molecule has 2 heterocycles. The Morgan fingerprint density at radius 3 is 2.68 bits per heavy atom. The first-order valence-corrected chi connectivity index (χ1v) is 5.90. The highest BCUT2D eigenvalue weighted by Crippen LogP contribution is 2.27. The molecule has 96 valence electrons. The van der Waals surface area contributed by atoms with Gasteiger partial charge >= 0.3 is 0 Å². The summed E-state index contributed by atoms with van der Waals surface area (Å²) in [5.74, 6) is 2.55. The van der Waals surface area contributed by atoms with E-state index in [2.05, 4.69) is 10.1 Å². The van der Waals surface area contributed by atoms with Gasteiger partial charge in [-0.1, -0.05) is 17.3 Å². The van der Waals surface area contributed by atoms with E-state index in [9.17, 15) is 0 Å². The lowest BCUT2D eigenvalue weighted by molar-refractivity contribution is 0.430. The average molecular weight is 255 g/mol. The van der Waals surface area contributed by atoms with Crippen LogP contribution in [0.4, 0.5) is 5.69 Å². The van der Waals surface area contributed by atoms with Gasteiger partial charge in [0.05, 0.1) is 5.56 Å². The molecule has 0 unspecified atom stereocenters. The van der Waals surface area contributed by atoms with E-state index in [0.717, 1.165) is 22.6 Å². The first-order chi connectivity index (χ1) is 9.13. The second kappa shape index (κ2) is 4.28. The molecule has 5 heteroatoms. The number of hydrogen-bond acceptors (Lipinski definition) is 5. The SMILES string of the molecule is Cc1cc(-c2nc(-c3cccc(N)c3)no2)c(C)o1. The van der Waals surface area contributed by atoms with Crippen LogP contribution in [0.3, 0.4) is 0 Å². The summed E-state index contributed by atoms with van der Waals surface area (Å²) in [5.41, 5.74) is 8.05. The van der Waals surface area contributed by atoms with Crippen LogP contribution in [-0.2, 0) is 0 Å². The summed E-state index contributed by atoms with van der Waals surface area (Å²) in [6, 6.07) is 9.24. The molecule has 0 aliphatic heterocycles. The van der Waals surface area contributed by atoms with Gasteiger partial charge in [0.1, 0.15) is 11.5 Å². The summed E-state index contributed by atoms with van der Waals surface area (Å²) >= 11 is 0. The van der Waals surface area contributed by atoms with E-state index in [0.29, 0.717) is 17.4 Å². The van der Waals surface area contributed by atoms with E-state index in [4.69, 9.17) is 14.7 Å². The van der Waals surface area contributed by atoms with Gasteiger partial charge in [-0.05, 0) is 32.0 Å². The maximum Gasteiger partial charge on any atom is 0.261 e. The fraction of sp³-hybridized carbons (Fsp3) is 0.143. The lowest BCUT2D eigenvalue weighted by atomic mass is 10.2. The van der Waals surface area contributed by atoms with E-state index in [1.54, 1.807) is 0 Å². The molecule has 0 aliphatic carbocycles. The van der Waals surface area contributed by atoms with Gasteiger partial charge in [0.25, 0.3) is 5.89 Å². The van der Waals surface area contributed by atoms with Crippen molar-refractivity contribution < 1.29 is 8.94 Å². The van der Waals surface area contributed by atoms with E-state index in [-0.39, 0.29) is 0 Å². The smallest absolute Gasteiger partial charge is 0.261 e. The van der Waals surface area contributed by atoms with Gasteiger partial charge in [0.2, 0.25) is 5.82 Å². The summed E-state index contributed by atoms with van der Waals surface area (Å²) in [7, 11) is 0. The van der Waals surface area contributed by atoms with Gasteiger partial charge in [0.15, 0.2) is 0 Å². The van der Waals surface area contributed by atoms with Crippen molar-refractivity contribution in [3.8, 4) is 22.8 Å². The number of furan rings is 1. The van der Waals surface area contributed by atoms with Gasteiger partial charge in [-0.3, -0.25) is 0 Å². The fourth-order valence-electron chi connectivity index (χ4n) is 1.97. The third-order valence-corrected chi connectivity index (χ3v) is 2.84. The van der Waals surface area contributed by atoms with Crippen molar-refractivity contribution in [1.29, 1.82) is 0 Å². The lowest BCUT2D eigenvalue weighted by Gasteiger charge is -1.95. The van der Waals surface area contributed by atoms with Crippen LogP contribution in [0.2, 0.25) is 0 Å². The molecular formula is C14H13N3O2. The first-order valence-electron chi connectivity index (χ1n) is 5.90. The monoisotopic (exact) mass is 255 g/mol. The molecule has 2 N–H and O–H groups in total. The molecule has 0 spiro atoms. The van der Waals surface area contributed by atoms with E-state index < -0.39 is 0 Å². The normalized spacial score (nSPS) is 10.8. The van der Waals surface area contributed by atoms with E-state index in [1.807, 2.05) is 44.2 Å². The van der Waals surface area contributed by atoms with Gasteiger partial charge in [0, 0.05) is 11.3 Å². The predicted octanol–water partition coefficient (Wildman–Crippen LogP) is 3.20. The molecule has 3 rings (SSSR count). The number of aryl methyl sites for hydroxylation is 2. The number of anilines is 1. The molecule has 0 atom stereocenters. The number of nitrogens with zero attached hydrogens (tertiary/aromatic N) is 2. The highest BCUT2D eigenvalue weighted by Gasteiger charge is 2.15. The van der Waals surface area contributed by atoms with Crippen LogP contribution in [0.1, 0.15) is 11.5 Å². The Hall–Kier alpha value is -2.56. The highest BCUT2D eigenvalue weighted by molar-refractivity contribution is 5.64. The molecule has 0 bridgehead atoms. The second-order valence-corrected chi connectivity index (χ2v) is 4.38. The third kappa shape index (κ3) is 2.10. The van der Waals surface area contributed by atoms with Gasteiger partial charge < -0.3 is 14.7 Å². The quantitative estimate of drug-likeness (QED) is 0.711. The Kier molecular flexibility index (Phi) is 2.59. The summed E-state index contributed by atoms with van der Waals surface area (Å²) < 4.78 is 10.7. The Morgan fingerprint density at radius 1 is 1.16 bits per heavy atom. The van der Waals surface area contributed by atoms with Gasteiger partial charge in [-0.25, -0.2) is 0 Å². The molecule has 2 aromatic heterocycles. The number of aromatic nitrogens is 2. The van der Waals surface area contributed by atoms with Crippen molar-refractivity contribution in [3.05, 3.63) is 41.9 Å². The molecular weight excluding hydrogens is 242 g/mol. The molecule has 0 saturated heterocycles. The lowest BCUT2D eigenvalue weighted by Crippen LogP contribution is -1.86. The molecule has 0 radical (unpaired) electrons.